The Balaban J connectivity index is 1.27. The number of anilines is 2. The number of nitrogens with one attached hydrogen (secondary N) is 2. The van der Waals surface area contributed by atoms with E-state index in [4.69, 9.17) is 11.5 Å². The van der Waals surface area contributed by atoms with E-state index in [2.05, 4.69) is 31.4 Å². The highest BCUT2D eigenvalue weighted by atomic mass is 19.4. The van der Waals surface area contributed by atoms with Crippen LogP contribution in [0.3, 0.4) is 0 Å². The zero-order valence-corrected chi connectivity index (χ0v) is 22.9. The summed E-state index contributed by atoms with van der Waals surface area (Å²) in [7, 11) is 0. The molecular formula is C28H33F3N8O3. The average molecular weight is 587 g/mol. The number of primary amides is 2. The molecule has 0 radical (unpaired) electrons. The molecule has 2 amide bonds. The summed E-state index contributed by atoms with van der Waals surface area (Å²) in [6.45, 7) is 0.528. The standard InChI is InChI=1S/C28H33F3N8O3/c29-28(30,31)42-21-4-2-1-3-17(21)11-35-26-36-12-20(10-32)25(38-26)37-15-27-7-16-5-18(8-27)24(19(6-16)9-27)39(13-22(33)40)14-23(34)41/h1-4,12,16,18-19,24H,5-9,11,13-15H2,(H2,33,40)(H2,34,41)(H2,35,36,37,38)/t16?,18-,19-,24?,27?/m0/s1. The van der Waals surface area contributed by atoms with Gasteiger partial charge in [0.15, 0.2) is 0 Å². The number of carbonyl (C=O) groups excluding carboxylic acids is 2. The summed E-state index contributed by atoms with van der Waals surface area (Å²) in [4.78, 5) is 34.0. The van der Waals surface area contributed by atoms with Gasteiger partial charge in [0, 0.05) is 24.7 Å². The lowest BCUT2D eigenvalue weighted by Gasteiger charge is -2.62. The highest BCUT2D eigenvalue weighted by Gasteiger charge is 2.56. The molecule has 0 saturated heterocycles. The first-order valence-corrected chi connectivity index (χ1v) is 13.8. The van der Waals surface area contributed by atoms with Crippen LogP contribution in [0, 0.1) is 34.5 Å². The Labute approximate surface area is 240 Å². The Kier molecular flexibility index (Phi) is 8.14. The van der Waals surface area contributed by atoms with Gasteiger partial charge in [-0.05, 0) is 61.3 Å². The number of rotatable bonds is 12. The van der Waals surface area contributed by atoms with Crippen molar-refractivity contribution in [1.29, 1.82) is 5.26 Å². The molecule has 1 aromatic carbocycles. The highest BCUT2D eigenvalue weighted by Crippen LogP contribution is 2.61. The van der Waals surface area contributed by atoms with Crippen molar-refractivity contribution >= 4 is 23.6 Å². The van der Waals surface area contributed by atoms with E-state index in [9.17, 15) is 28.0 Å². The van der Waals surface area contributed by atoms with Crippen LogP contribution >= 0.6 is 0 Å². The number of hydrogen-bond donors (Lipinski definition) is 4. The van der Waals surface area contributed by atoms with Crippen molar-refractivity contribution in [3.8, 4) is 11.8 Å². The number of benzene rings is 1. The number of para-hydroxylation sites is 1. The van der Waals surface area contributed by atoms with Crippen LogP contribution in [0.15, 0.2) is 30.5 Å². The van der Waals surface area contributed by atoms with E-state index in [-0.39, 0.29) is 65.8 Å². The average Bonchev–Trinajstić information content (AvgIpc) is 2.89. The Morgan fingerprint density at radius 2 is 1.76 bits per heavy atom. The number of nitrogens with zero attached hydrogens (tertiary/aromatic N) is 4. The smallest absolute Gasteiger partial charge is 0.405 e. The molecule has 14 heteroatoms. The van der Waals surface area contributed by atoms with Gasteiger partial charge in [-0.3, -0.25) is 14.5 Å². The third kappa shape index (κ3) is 6.67. The molecular weight excluding hydrogens is 553 g/mol. The number of hydrogen-bond acceptors (Lipinski definition) is 9. The molecule has 0 unspecified atom stereocenters. The predicted molar refractivity (Wildman–Crippen MR) is 145 cm³/mol. The summed E-state index contributed by atoms with van der Waals surface area (Å²) in [5.41, 5.74) is 11.4. The van der Waals surface area contributed by atoms with Gasteiger partial charge < -0.3 is 26.8 Å². The van der Waals surface area contributed by atoms with Gasteiger partial charge in [0.05, 0.1) is 19.3 Å². The Hall–Kier alpha value is -4.12. The monoisotopic (exact) mass is 586 g/mol. The first kappa shape index (κ1) is 29.4. The fraction of sp³-hybridized carbons (Fsp3) is 0.536. The number of carbonyl (C=O) groups is 2. The van der Waals surface area contributed by atoms with Gasteiger partial charge in [0.2, 0.25) is 17.8 Å². The zero-order valence-electron chi connectivity index (χ0n) is 22.9. The quantitative estimate of drug-likeness (QED) is 0.292. The molecule has 224 valence electrons. The van der Waals surface area contributed by atoms with E-state index in [1.54, 1.807) is 6.07 Å². The molecule has 42 heavy (non-hydrogen) atoms. The fourth-order valence-corrected chi connectivity index (χ4v) is 7.65. The summed E-state index contributed by atoms with van der Waals surface area (Å²) < 4.78 is 42.5. The second-order valence-electron chi connectivity index (χ2n) is 11.7. The van der Waals surface area contributed by atoms with Crippen molar-refractivity contribution in [2.45, 2.75) is 51.1 Å². The summed E-state index contributed by atoms with van der Waals surface area (Å²) in [5, 5.41) is 16.0. The van der Waals surface area contributed by atoms with E-state index in [0.717, 1.165) is 32.1 Å². The second-order valence-corrected chi connectivity index (χ2v) is 11.7. The number of nitrogens with two attached hydrogens (primary N) is 2. The number of halogens is 3. The molecule has 4 aliphatic carbocycles. The topological polar surface area (TPSA) is 172 Å². The van der Waals surface area contributed by atoms with E-state index in [1.165, 1.54) is 24.4 Å². The van der Waals surface area contributed by atoms with Crippen molar-refractivity contribution in [3.63, 3.8) is 0 Å². The SMILES string of the molecule is N#Cc1cnc(NCc2ccccc2OC(F)(F)F)nc1NCC12CC3C[C@@H](C1)C(N(CC(N)=O)CC(N)=O)[C@@H](C3)C2. The molecule has 4 aliphatic rings. The molecule has 0 aliphatic heterocycles. The van der Waals surface area contributed by atoms with Gasteiger partial charge in [-0.15, -0.1) is 13.2 Å². The minimum Gasteiger partial charge on any atom is -0.405 e. The number of amides is 2. The van der Waals surface area contributed by atoms with E-state index in [1.807, 2.05) is 4.90 Å². The maximum Gasteiger partial charge on any atom is 0.573 e. The molecule has 6 N–H and O–H groups in total. The maximum absolute atomic E-state index is 12.8. The lowest BCUT2D eigenvalue weighted by molar-refractivity contribution is -0.274. The molecule has 4 saturated carbocycles. The lowest BCUT2D eigenvalue weighted by Crippen LogP contribution is -2.62. The van der Waals surface area contributed by atoms with Crippen LogP contribution in [0.5, 0.6) is 5.75 Å². The normalized spacial score (nSPS) is 26.1. The molecule has 2 atom stereocenters. The molecule has 11 nitrogen and oxygen atoms in total. The van der Waals surface area contributed by atoms with Crippen molar-refractivity contribution in [1.82, 2.24) is 14.9 Å². The van der Waals surface area contributed by atoms with Crippen molar-refractivity contribution in [2.24, 2.45) is 34.6 Å². The largest absolute Gasteiger partial charge is 0.573 e. The van der Waals surface area contributed by atoms with Crippen LogP contribution in [0.4, 0.5) is 24.9 Å². The van der Waals surface area contributed by atoms with E-state index >= 15 is 0 Å². The Bertz CT molecular complexity index is 1350. The van der Waals surface area contributed by atoms with E-state index < -0.39 is 18.2 Å². The third-order valence-corrected chi connectivity index (χ3v) is 8.67. The van der Waals surface area contributed by atoms with Gasteiger partial charge in [0.25, 0.3) is 0 Å². The van der Waals surface area contributed by atoms with Gasteiger partial charge >= 0.3 is 6.36 Å². The van der Waals surface area contributed by atoms with Crippen LogP contribution in [-0.4, -0.2) is 58.7 Å². The predicted octanol–water partition coefficient (Wildman–Crippen LogP) is 2.74. The summed E-state index contributed by atoms with van der Waals surface area (Å²) >= 11 is 0. The molecule has 4 fully saturated rings. The van der Waals surface area contributed by atoms with Crippen molar-refractivity contribution in [3.05, 3.63) is 41.6 Å². The van der Waals surface area contributed by atoms with Gasteiger partial charge in [-0.2, -0.15) is 10.2 Å². The number of nitriles is 1. The van der Waals surface area contributed by atoms with Crippen LogP contribution in [-0.2, 0) is 16.1 Å². The zero-order chi connectivity index (χ0) is 30.1. The number of ether oxygens (including phenoxy) is 1. The van der Waals surface area contributed by atoms with Gasteiger partial charge in [-0.25, -0.2) is 4.98 Å². The first-order valence-electron chi connectivity index (χ1n) is 13.8. The van der Waals surface area contributed by atoms with Crippen LogP contribution < -0.4 is 26.8 Å². The fourth-order valence-electron chi connectivity index (χ4n) is 7.65. The summed E-state index contributed by atoms with van der Waals surface area (Å²) in [6.07, 6.45) is 1.39. The minimum absolute atomic E-state index is 0.00836. The highest BCUT2D eigenvalue weighted by molar-refractivity contribution is 5.79. The van der Waals surface area contributed by atoms with Gasteiger partial charge in [-0.1, -0.05) is 18.2 Å². The number of aromatic nitrogens is 2. The first-order chi connectivity index (χ1) is 19.9. The molecule has 1 aromatic heterocycles. The lowest BCUT2D eigenvalue weighted by atomic mass is 9.47. The van der Waals surface area contributed by atoms with Crippen LogP contribution in [0.25, 0.3) is 0 Å². The van der Waals surface area contributed by atoms with Crippen LogP contribution in [0.1, 0.15) is 43.2 Å². The Morgan fingerprint density at radius 3 is 2.38 bits per heavy atom. The minimum atomic E-state index is -4.82. The van der Waals surface area contributed by atoms with Crippen LogP contribution in [0.2, 0.25) is 0 Å². The molecule has 1 heterocycles. The molecule has 4 bridgehead atoms. The Morgan fingerprint density at radius 1 is 1.10 bits per heavy atom. The molecule has 6 rings (SSSR count). The third-order valence-electron chi connectivity index (χ3n) is 8.67. The second kappa shape index (κ2) is 11.6. The van der Waals surface area contributed by atoms with Crippen molar-refractivity contribution in [2.75, 3.05) is 30.3 Å². The molecule has 0 spiro atoms. The maximum atomic E-state index is 12.8. The summed E-state index contributed by atoms with van der Waals surface area (Å²) in [6, 6.07) is 7.94. The van der Waals surface area contributed by atoms with E-state index in [0.29, 0.717) is 18.3 Å². The molecule has 2 aromatic rings. The van der Waals surface area contributed by atoms with Crippen molar-refractivity contribution < 1.29 is 27.5 Å². The number of alkyl halides is 3. The van der Waals surface area contributed by atoms with Gasteiger partial charge in [0.1, 0.15) is 23.2 Å². The summed E-state index contributed by atoms with van der Waals surface area (Å²) in [5.74, 6) is 0.285.